The Morgan fingerprint density at radius 3 is 2.46 bits per heavy atom. The zero-order valence-electron chi connectivity index (χ0n) is 11.9. The number of alkyl halides is 3. The molecule has 24 heavy (non-hydrogen) atoms. The number of nitrogens with zero attached hydrogens (tertiary/aromatic N) is 4. The number of pyridine rings is 1. The van der Waals surface area contributed by atoms with Gasteiger partial charge in [0.05, 0.1) is 5.56 Å². The highest BCUT2D eigenvalue weighted by atomic mass is 35.5. The van der Waals surface area contributed by atoms with Gasteiger partial charge < -0.3 is 5.73 Å². The number of aromatic nitrogens is 4. The molecular formula is C15H9ClF3N5. The molecule has 9 heteroatoms. The maximum Gasteiger partial charge on any atom is 0.416 e. The van der Waals surface area contributed by atoms with Crippen LogP contribution >= 0.6 is 11.6 Å². The summed E-state index contributed by atoms with van der Waals surface area (Å²) >= 11 is 5.83. The van der Waals surface area contributed by atoms with Crippen molar-refractivity contribution in [3.63, 3.8) is 0 Å². The van der Waals surface area contributed by atoms with Crippen molar-refractivity contribution in [1.82, 2.24) is 20.2 Å². The number of halogens is 4. The van der Waals surface area contributed by atoms with Gasteiger partial charge in [0.2, 0.25) is 5.95 Å². The maximum absolute atomic E-state index is 13.0. The Hall–Kier alpha value is -2.74. The molecule has 0 atom stereocenters. The molecule has 0 saturated heterocycles. The van der Waals surface area contributed by atoms with Gasteiger partial charge in [-0.15, -0.1) is 10.2 Å². The third-order valence-corrected chi connectivity index (χ3v) is 3.35. The van der Waals surface area contributed by atoms with Crippen molar-refractivity contribution in [3.05, 3.63) is 53.3 Å². The lowest BCUT2D eigenvalue weighted by atomic mass is 10.0. The van der Waals surface area contributed by atoms with E-state index in [9.17, 15) is 13.2 Å². The molecule has 0 aliphatic heterocycles. The third-order valence-electron chi connectivity index (χ3n) is 3.14. The summed E-state index contributed by atoms with van der Waals surface area (Å²) in [5, 5.41) is 7.46. The van der Waals surface area contributed by atoms with E-state index in [4.69, 9.17) is 17.3 Å². The van der Waals surface area contributed by atoms with Crippen LogP contribution in [0, 0.1) is 0 Å². The van der Waals surface area contributed by atoms with Crippen molar-refractivity contribution < 1.29 is 13.2 Å². The van der Waals surface area contributed by atoms with Gasteiger partial charge in [-0.3, -0.25) is 4.98 Å². The predicted octanol–water partition coefficient (Wildman–Crippen LogP) is 3.86. The zero-order chi connectivity index (χ0) is 17.3. The summed E-state index contributed by atoms with van der Waals surface area (Å²) in [6.07, 6.45) is -1.48. The lowest BCUT2D eigenvalue weighted by molar-refractivity contribution is -0.137. The van der Waals surface area contributed by atoms with E-state index in [0.717, 1.165) is 12.1 Å². The van der Waals surface area contributed by atoms with Gasteiger partial charge in [-0.1, -0.05) is 11.6 Å². The highest BCUT2D eigenvalue weighted by Crippen LogP contribution is 2.36. The first-order valence-electron chi connectivity index (χ1n) is 6.63. The van der Waals surface area contributed by atoms with Gasteiger partial charge in [0.15, 0.2) is 0 Å². The molecule has 2 aromatic heterocycles. The maximum atomic E-state index is 13.0. The van der Waals surface area contributed by atoms with E-state index in [2.05, 4.69) is 20.2 Å². The standard InChI is InChI=1S/C15H9ClF3N5/c16-11-5-9(4-10(6-11)15(17,18)19)13-12(22-14(20)24-23-13)8-2-1-3-21-7-8/h1-7H,(H2,20,22,24). The van der Waals surface area contributed by atoms with Gasteiger partial charge in [-0.2, -0.15) is 13.2 Å². The van der Waals surface area contributed by atoms with Crippen LogP contribution in [0.2, 0.25) is 5.02 Å². The van der Waals surface area contributed by atoms with Gasteiger partial charge in [0.25, 0.3) is 0 Å². The summed E-state index contributed by atoms with van der Waals surface area (Å²) in [5.41, 5.74) is 5.75. The van der Waals surface area contributed by atoms with E-state index >= 15 is 0 Å². The van der Waals surface area contributed by atoms with E-state index < -0.39 is 11.7 Å². The summed E-state index contributed by atoms with van der Waals surface area (Å²) < 4.78 is 39.0. The van der Waals surface area contributed by atoms with Crippen LogP contribution in [0.25, 0.3) is 22.5 Å². The Bertz CT molecular complexity index is 884. The van der Waals surface area contributed by atoms with E-state index in [1.807, 2.05) is 0 Å². The van der Waals surface area contributed by atoms with Crippen LogP contribution < -0.4 is 5.73 Å². The molecule has 0 spiro atoms. The normalized spacial score (nSPS) is 11.5. The van der Waals surface area contributed by atoms with Crippen molar-refractivity contribution in [1.29, 1.82) is 0 Å². The molecule has 0 amide bonds. The topological polar surface area (TPSA) is 77.6 Å². The molecule has 3 rings (SSSR count). The first kappa shape index (κ1) is 16.1. The molecule has 122 valence electrons. The molecular weight excluding hydrogens is 343 g/mol. The molecule has 0 unspecified atom stereocenters. The summed E-state index contributed by atoms with van der Waals surface area (Å²) in [5.74, 6) is -0.101. The van der Waals surface area contributed by atoms with Crippen molar-refractivity contribution in [3.8, 4) is 22.5 Å². The van der Waals surface area contributed by atoms with Crippen LogP contribution in [0.5, 0.6) is 0 Å². The quantitative estimate of drug-likeness (QED) is 0.758. The predicted molar refractivity (Wildman–Crippen MR) is 82.9 cm³/mol. The minimum absolute atomic E-state index is 0.0735. The number of hydrogen-bond acceptors (Lipinski definition) is 5. The molecule has 0 saturated carbocycles. The van der Waals surface area contributed by atoms with Gasteiger partial charge in [0, 0.05) is 28.5 Å². The molecule has 0 aliphatic carbocycles. The summed E-state index contributed by atoms with van der Waals surface area (Å²) in [6, 6.07) is 6.49. The molecule has 5 nitrogen and oxygen atoms in total. The Kier molecular flexibility index (Phi) is 4.06. The van der Waals surface area contributed by atoms with Crippen LogP contribution in [0.4, 0.5) is 19.1 Å². The highest BCUT2D eigenvalue weighted by molar-refractivity contribution is 6.31. The van der Waals surface area contributed by atoms with Crippen molar-refractivity contribution in [2.75, 3.05) is 5.73 Å². The summed E-state index contributed by atoms with van der Waals surface area (Å²) in [4.78, 5) is 8.05. The lowest BCUT2D eigenvalue weighted by Crippen LogP contribution is -2.06. The molecule has 0 fully saturated rings. The first-order valence-corrected chi connectivity index (χ1v) is 7.01. The molecule has 0 aliphatic rings. The fourth-order valence-corrected chi connectivity index (χ4v) is 2.36. The van der Waals surface area contributed by atoms with Gasteiger partial charge in [0.1, 0.15) is 11.4 Å². The van der Waals surface area contributed by atoms with Crippen molar-refractivity contribution in [2.24, 2.45) is 0 Å². The minimum atomic E-state index is -4.54. The zero-order valence-corrected chi connectivity index (χ0v) is 12.7. The first-order chi connectivity index (χ1) is 11.3. The van der Waals surface area contributed by atoms with E-state index in [-0.39, 0.29) is 27.9 Å². The molecule has 1 aromatic carbocycles. The Labute approximate surface area is 139 Å². The number of anilines is 1. The fourth-order valence-electron chi connectivity index (χ4n) is 2.13. The minimum Gasteiger partial charge on any atom is -0.366 e. The average Bonchev–Trinajstić information content (AvgIpc) is 2.54. The molecule has 2 N–H and O–H groups in total. The second-order valence-corrected chi connectivity index (χ2v) is 5.27. The molecule has 3 aromatic rings. The molecule has 0 radical (unpaired) electrons. The van der Waals surface area contributed by atoms with Crippen LogP contribution in [0.3, 0.4) is 0 Å². The average molecular weight is 352 g/mol. The van der Waals surface area contributed by atoms with E-state index in [1.54, 1.807) is 18.3 Å². The van der Waals surface area contributed by atoms with Crippen molar-refractivity contribution in [2.45, 2.75) is 6.18 Å². The number of hydrogen-bond donors (Lipinski definition) is 1. The highest BCUT2D eigenvalue weighted by Gasteiger charge is 2.31. The van der Waals surface area contributed by atoms with Gasteiger partial charge in [-0.25, -0.2) is 4.98 Å². The van der Waals surface area contributed by atoms with E-state index in [1.165, 1.54) is 12.3 Å². The fraction of sp³-hybridized carbons (Fsp3) is 0.0667. The molecule has 2 heterocycles. The van der Waals surface area contributed by atoms with Crippen LogP contribution in [-0.2, 0) is 6.18 Å². The Balaban J connectivity index is 2.23. The van der Waals surface area contributed by atoms with E-state index in [0.29, 0.717) is 5.56 Å². The van der Waals surface area contributed by atoms with Crippen LogP contribution in [0.1, 0.15) is 5.56 Å². The third kappa shape index (κ3) is 3.28. The Morgan fingerprint density at radius 2 is 1.79 bits per heavy atom. The van der Waals surface area contributed by atoms with Crippen molar-refractivity contribution >= 4 is 17.5 Å². The Morgan fingerprint density at radius 1 is 1.00 bits per heavy atom. The summed E-state index contributed by atoms with van der Waals surface area (Å²) in [6.45, 7) is 0. The SMILES string of the molecule is Nc1nnc(-c2cc(Cl)cc(C(F)(F)F)c2)c(-c2cccnc2)n1. The number of nitrogens with two attached hydrogens (primary N) is 1. The number of nitrogen functional groups attached to an aromatic ring is 1. The van der Waals surface area contributed by atoms with Gasteiger partial charge >= 0.3 is 6.18 Å². The van der Waals surface area contributed by atoms with Gasteiger partial charge in [-0.05, 0) is 30.3 Å². The van der Waals surface area contributed by atoms with Crippen LogP contribution in [-0.4, -0.2) is 20.2 Å². The smallest absolute Gasteiger partial charge is 0.366 e. The largest absolute Gasteiger partial charge is 0.416 e. The lowest BCUT2D eigenvalue weighted by Gasteiger charge is -2.11. The number of benzene rings is 1. The second-order valence-electron chi connectivity index (χ2n) is 4.84. The summed E-state index contributed by atoms with van der Waals surface area (Å²) in [7, 11) is 0. The molecule has 0 bridgehead atoms. The second kappa shape index (κ2) is 6.04. The van der Waals surface area contributed by atoms with Crippen LogP contribution in [0.15, 0.2) is 42.7 Å². The number of rotatable bonds is 2. The monoisotopic (exact) mass is 351 g/mol.